The lowest BCUT2D eigenvalue weighted by Gasteiger charge is -2.11. The van der Waals surface area contributed by atoms with Gasteiger partial charge in [-0.15, -0.1) is 0 Å². The van der Waals surface area contributed by atoms with E-state index in [9.17, 15) is 9.59 Å². The summed E-state index contributed by atoms with van der Waals surface area (Å²) in [4.78, 5) is 23.9. The lowest BCUT2D eigenvalue weighted by molar-refractivity contribution is -0.118. The van der Waals surface area contributed by atoms with Gasteiger partial charge in [0, 0.05) is 18.4 Å². The Hall–Kier alpha value is -2.56. The molecule has 0 saturated carbocycles. The number of ketones is 1. The van der Waals surface area contributed by atoms with Crippen molar-refractivity contribution in [2.75, 3.05) is 13.2 Å². The highest BCUT2D eigenvalue weighted by Crippen LogP contribution is 2.12. The zero-order valence-corrected chi connectivity index (χ0v) is 14.9. The summed E-state index contributed by atoms with van der Waals surface area (Å²) in [6.07, 6.45) is 2.09. The fourth-order valence-electron chi connectivity index (χ4n) is 2.51. The molecule has 1 N–H and O–H groups in total. The second kappa shape index (κ2) is 9.67. The minimum Gasteiger partial charge on any atom is -0.493 e. The van der Waals surface area contributed by atoms with Crippen molar-refractivity contribution in [2.24, 2.45) is 0 Å². The van der Waals surface area contributed by atoms with Gasteiger partial charge < -0.3 is 10.1 Å². The molecule has 0 saturated heterocycles. The Morgan fingerprint density at radius 1 is 1.12 bits per heavy atom. The molecule has 0 radical (unpaired) electrons. The molecule has 0 bridgehead atoms. The van der Waals surface area contributed by atoms with Gasteiger partial charge in [-0.2, -0.15) is 0 Å². The minimum absolute atomic E-state index is 0.0452. The first-order valence-electron chi connectivity index (χ1n) is 8.67. The molecule has 25 heavy (non-hydrogen) atoms. The predicted molar refractivity (Wildman–Crippen MR) is 103 cm³/mol. The molecule has 130 valence electrons. The van der Waals surface area contributed by atoms with Gasteiger partial charge in [0.15, 0.2) is 5.78 Å². The average Bonchev–Trinajstić information content (AvgIpc) is 2.62. The molecule has 0 aliphatic rings. The number of carbonyl (C=O) groups excluding carboxylic acids is 2. The van der Waals surface area contributed by atoms with Crippen LogP contribution in [0.2, 0.25) is 0 Å². The van der Waals surface area contributed by atoms with Gasteiger partial charge in [0.1, 0.15) is 13.6 Å². The van der Waals surface area contributed by atoms with Crippen molar-refractivity contribution in [3.05, 3.63) is 59.7 Å². The molecular formula is C20H24BNO3. The van der Waals surface area contributed by atoms with Crippen LogP contribution in [0.4, 0.5) is 0 Å². The van der Waals surface area contributed by atoms with E-state index >= 15 is 0 Å². The Balaban J connectivity index is 1.92. The fourth-order valence-corrected chi connectivity index (χ4v) is 2.51. The van der Waals surface area contributed by atoms with Crippen LogP contribution in [0.1, 0.15) is 35.7 Å². The maximum absolute atomic E-state index is 12.3. The zero-order valence-electron chi connectivity index (χ0n) is 14.9. The molecule has 0 atom stereocenters. The minimum atomic E-state index is -0.240. The maximum atomic E-state index is 12.3. The summed E-state index contributed by atoms with van der Waals surface area (Å²) >= 11 is 0. The van der Waals surface area contributed by atoms with Crippen LogP contribution in [-0.4, -0.2) is 32.7 Å². The first-order valence-corrected chi connectivity index (χ1v) is 8.67. The monoisotopic (exact) mass is 337 g/mol. The number of ether oxygens (including phenoxy) is 1. The Bertz CT molecular complexity index is 716. The van der Waals surface area contributed by atoms with Crippen LogP contribution in [0.15, 0.2) is 48.5 Å². The zero-order chi connectivity index (χ0) is 18.1. The Morgan fingerprint density at radius 3 is 2.60 bits per heavy atom. The summed E-state index contributed by atoms with van der Waals surface area (Å²) in [5.74, 6) is 0.464. The number of Topliss-reactive ketones (excluding diaryl/α,β-unsaturated/α-hetero) is 1. The summed E-state index contributed by atoms with van der Waals surface area (Å²) in [5, 5.41) is 2.69. The van der Waals surface area contributed by atoms with E-state index in [1.165, 1.54) is 5.56 Å². The van der Waals surface area contributed by atoms with Crippen molar-refractivity contribution in [3.8, 4) is 5.75 Å². The average molecular weight is 337 g/mol. The molecule has 0 heterocycles. The molecule has 0 aromatic heterocycles. The van der Waals surface area contributed by atoms with Crippen molar-refractivity contribution < 1.29 is 14.3 Å². The summed E-state index contributed by atoms with van der Waals surface area (Å²) in [5.41, 5.74) is 2.61. The molecule has 0 spiro atoms. The summed E-state index contributed by atoms with van der Waals surface area (Å²) < 4.78 is 5.77. The molecule has 5 heteroatoms. The smallest absolute Gasteiger partial charge is 0.251 e. The third-order valence-corrected chi connectivity index (χ3v) is 3.93. The predicted octanol–water partition coefficient (Wildman–Crippen LogP) is 1.67. The van der Waals surface area contributed by atoms with E-state index in [1.807, 2.05) is 45.1 Å². The molecule has 1 amide bonds. The molecular weight excluding hydrogens is 313 g/mol. The first kappa shape index (κ1) is 18.8. The fraction of sp³-hybridized carbons (Fsp3) is 0.300. The molecule has 0 aliphatic heterocycles. The highest BCUT2D eigenvalue weighted by molar-refractivity contribution is 6.36. The molecule has 2 rings (SSSR count). The number of hydrogen-bond acceptors (Lipinski definition) is 3. The largest absolute Gasteiger partial charge is 0.493 e. The molecule has 2 aromatic rings. The van der Waals surface area contributed by atoms with Crippen LogP contribution >= 0.6 is 0 Å². The van der Waals surface area contributed by atoms with Gasteiger partial charge in [-0.1, -0.05) is 48.8 Å². The van der Waals surface area contributed by atoms with Gasteiger partial charge in [0.2, 0.25) is 0 Å². The Labute approximate surface area is 150 Å². The maximum Gasteiger partial charge on any atom is 0.251 e. The van der Waals surface area contributed by atoms with Gasteiger partial charge in [0.25, 0.3) is 5.91 Å². The van der Waals surface area contributed by atoms with E-state index < -0.39 is 0 Å². The van der Waals surface area contributed by atoms with E-state index in [-0.39, 0.29) is 18.2 Å². The van der Waals surface area contributed by atoms with Crippen LogP contribution in [0.3, 0.4) is 0 Å². The van der Waals surface area contributed by atoms with E-state index in [2.05, 4.69) is 17.4 Å². The number of benzene rings is 2. The quantitative estimate of drug-likeness (QED) is 0.708. The van der Waals surface area contributed by atoms with Gasteiger partial charge in [0.05, 0.1) is 13.2 Å². The van der Waals surface area contributed by atoms with E-state index in [4.69, 9.17) is 4.74 Å². The molecule has 0 unspecified atom stereocenters. The van der Waals surface area contributed by atoms with E-state index in [0.29, 0.717) is 24.3 Å². The normalized spacial score (nSPS) is 10.3. The summed E-state index contributed by atoms with van der Waals surface area (Å²) in [6, 6.07) is 15.6. The van der Waals surface area contributed by atoms with Gasteiger partial charge >= 0.3 is 0 Å². The topological polar surface area (TPSA) is 55.4 Å². The molecule has 0 aliphatic carbocycles. The van der Waals surface area contributed by atoms with Gasteiger partial charge in [-0.25, -0.2) is 0 Å². The Kier molecular flexibility index (Phi) is 7.26. The van der Waals surface area contributed by atoms with Crippen molar-refractivity contribution in [1.29, 1.82) is 0 Å². The Morgan fingerprint density at radius 2 is 1.88 bits per heavy atom. The lowest BCUT2D eigenvalue weighted by atomic mass is 9.90. The lowest BCUT2D eigenvalue weighted by Crippen LogP contribution is -2.32. The van der Waals surface area contributed by atoms with Crippen LogP contribution in [0.25, 0.3) is 0 Å². The second-order valence-electron chi connectivity index (χ2n) is 6.03. The third-order valence-electron chi connectivity index (χ3n) is 3.93. The van der Waals surface area contributed by atoms with Gasteiger partial charge in [-0.3, -0.25) is 9.59 Å². The van der Waals surface area contributed by atoms with Crippen LogP contribution in [0, 0.1) is 0 Å². The van der Waals surface area contributed by atoms with Crippen LogP contribution in [0.5, 0.6) is 5.75 Å². The van der Waals surface area contributed by atoms with E-state index in [1.54, 1.807) is 6.07 Å². The van der Waals surface area contributed by atoms with Crippen LogP contribution in [-0.2, 0) is 11.2 Å². The number of amides is 1. The SMILES string of the molecule is Bc1ccc(OCCc2ccccc2)cc1C(=O)NCC(=O)CCC. The molecule has 2 aromatic carbocycles. The summed E-state index contributed by atoms with van der Waals surface area (Å²) in [6.45, 7) is 2.56. The highest BCUT2D eigenvalue weighted by Gasteiger charge is 2.11. The third kappa shape index (κ3) is 6.10. The van der Waals surface area contributed by atoms with Crippen molar-refractivity contribution in [3.63, 3.8) is 0 Å². The number of nitrogens with one attached hydrogen (secondary N) is 1. The number of rotatable bonds is 9. The molecule has 4 nitrogen and oxygen atoms in total. The van der Waals surface area contributed by atoms with Crippen molar-refractivity contribution in [1.82, 2.24) is 5.32 Å². The molecule has 0 fully saturated rings. The highest BCUT2D eigenvalue weighted by atomic mass is 16.5. The standard InChI is InChI=1S/C20H24BNO3/c1-2-6-16(23)14-22-20(24)18-13-17(9-10-19(18)21)25-12-11-15-7-4-3-5-8-15/h3-5,7-10,13H,2,6,11-12,14,21H2,1H3,(H,22,24). The second-order valence-corrected chi connectivity index (χ2v) is 6.03. The van der Waals surface area contributed by atoms with Crippen molar-refractivity contribution in [2.45, 2.75) is 26.2 Å². The van der Waals surface area contributed by atoms with Crippen LogP contribution < -0.4 is 15.5 Å². The first-order chi connectivity index (χ1) is 12.1. The number of carbonyl (C=O) groups is 2. The van der Waals surface area contributed by atoms with Crippen molar-refractivity contribution >= 4 is 25.0 Å². The summed E-state index contributed by atoms with van der Waals surface area (Å²) in [7, 11) is 1.87. The van der Waals surface area contributed by atoms with E-state index in [0.717, 1.165) is 18.3 Å². The number of hydrogen-bond donors (Lipinski definition) is 1. The van der Waals surface area contributed by atoms with Gasteiger partial charge in [-0.05, 0) is 24.1 Å².